The van der Waals surface area contributed by atoms with Gasteiger partial charge in [-0.25, -0.2) is 0 Å². The van der Waals surface area contributed by atoms with E-state index in [0.717, 1.165) is 5.17 Å². The first-order valence-corrected chi connectivity index (χ1v) is 2.88. The maximum atomic E-state index is 5.24. The standard InChI is InChI=1S/C3H8N2S.HI/c1-5-3(4)6-2;/h1-2H3,(H2,4,5);1H. The number of hydrogen-bond acceptors (Lipinski definition) is 1. The van der Waals surface area contributed by atoms with E-state index in [1.165, 1.54) is 11.8 Å². The van der Waals surface area contributed by atoms with E-state index in [1.54, 1.807) is 7.05 Å². The number of halogens is 1. The van der Waals surface area contributed by atoms with Gasteiger partial charge in [0, 0.05) is 0 Å². The van der Waals surface area contributed by atoms with Crippen LogP contribution >= 0.6 is 11.8 Å². The molecule has 0 aliphatic rings. The summed E-state index contributed by atoms with van der Waals surface area (Å²) in [6.07, 6.45) is 1.92. The predicted molar refractivity (Wildman–Crippen MR) is 29.6 cm³/mol. The molecule has 0 aromatic heterocycles. The van der Waals surface area contributed by atoms with Crippen LogP contribution in [0.2, 0.25) is 0 Å². The molecule has 0 aliphatic carbocycles. The van der Waals surface area contributed by atoms with Crippen molar-refractivity contribution in [2.75, 3.05) is 13.3 Å². The van der Waals surface area contributed by atoms with Crippen molar-refractivity contribution in [3.63, 3.8) is 0 Å². The number of amidine groups is 1. The van der Waals surface area contributed by atoms with Gasteiger partial charge in [0.05, 0.1) is 7.05 Å². The van der Waals surface area contributed by atoms with E-state index in [-0.39, 0.29) is 24.0 Å². The summed E-state index contributed by atoms with van der Waals surface area (Å²) in [6.45, 7) is 0. The van der Waals surface area contributed by atoms with Crippen molar-refractivity contribution in [3.8, 4) is 0 Å². The minimum atomic E-state index is 0. The Kier molecular flexibility index (Phi) is 9.84. The third kappa shape index (κ3) is 6.55. The highest BCUT2D eigenvalue weighted by Gasteiger charge is 1.84. The van der Waals surface area contributed by atoms with Gasteiger partial charge in [-0.3, -0.25) is 10.7 Å². The van der Waals surface area contributed by atoms with Gasteiger partial charge in [0.1, 0.15) is 0 Å². The second kappa shape index (κ2) is 6.55. The summed E-state index contributed by atoms with van der Waals surface area (Å²) in [5.74, 6) is 0. The monoisotopic (exact) mass is 232 g/mol. The molecule has 0 aromatic carbocycles. The Morgan fingerprint density at radius 3 is 2.14 bits per heavy atom. The van der Waals surface area contributed by atoms with E-state index < -0.39 is 0 Å². The fourth-order valence-electron chi connectivity index (χ4n) is 0.102. The van der Waals surface area contributed by atoms with E-state index in [0.29, 0.717) is 0 Å². The van der Waals surface area contributed by atoms with Crippen molar-refractivity contribution in [3.05, 3.63) is 0 Å². The highest BCUT2D eigenvalue weighted by atomic mass is 127. The van der Waals surface area contributed by atoms with Crippen LogP contribution in [0.3, 0.4) is 0 Å². The van der Waals surface area contributed by atoms with Crippen LogP contribution in [0, 0.1) is 0 Å². The van der Waals surface area contributed by atoms with E-state index in [2.05, 4.69) is 4.99 Å². The molecule has 0 unspecified atom stereocenters. The number of nitrogens with two attached hydrogens (primary N) is 1. The van der Waals surface area contributed by atoms with Crippen molar-refractivity contribution >= 4 is 16.9 Å². The lowest BCUT2D eigenvalue weighted by molar-refractivity contribution is -0.417. The molecule has 0 fully saturated rings. The molecule has 0 saturated heterocycles. The van der Waals surface area contributed by atoms with Crippen LogP contribution in [0.5, 0.6) is 0 Å². The summed E-state index contributed by atoms with van der Waals surface area (Å²) >= 11 is 1.51. The molecule has 3 N–H and O–H groups in total. The van der Waals surface area contributed by atoms with Crippen LogP contribution in [0.1, 0.15) is 0 Å². The average Bonchev–Trinajstić information content (AvgIpc) is 1.65. The van der Waals surface area contributed by atoms with Gasteiger partial charge in [0.25, 0.3) is 0 Å². The Morgan fingerprint density at radius 1 is 1.71 bits per heavy atom. The average molecular weight is 232 g/mol. The molecule has 0 amide bonds. The lowest BCUT2D eigenvalue weighted by atomic mass is 11.3. The molecule has 0 saturated carbocycles. The van der Waals surface area contributed by atoms with Crippen molar-refractivity contribution in [1.82, 2.24) is 0 Å². The molecular formula is C3H9IN2S. The highest BCUT2D eigenvalue weighted by Crippen LogP contribution is 1.79. The second-order valence-corrected chi connectivity index (χ2v) is 1.67. The lowest BCUT2D eigenvalue weighted by Crippen LogP contribution is -3.00. The smallest absolute Gasteiger partial charge is 0.301 e. The zero-order valence-corrected chi connectivity index (χ0v) is 7.34. The second-order valence-electron chi connectivity index (χ2n) is 0.818. The van der Waals surface area contributed by atoms with Crippen LogP contribution in [-0.2, 0) is 0 Å². The van der Waals surface area contributed by atoms with E-state index in [4.69, 9.17) is 5.73 Å². The third-order valence-electron chi connectivity index (χ3n) is 0.466. The van der Waals surface area contributed by atoms with Gasteiger partial charge in [-0.05, 0) is 18.0 Å². The number of rotatable bonds is 0. The Balaban J connectivity index is 0. The molecular weight excluding hydrogens is 223 g/mol. The Hall–Kier alpha value is 0.550. The number of nitrogens with one attached hydrogen (secondary N) is 1. The fourth-order valence-corrected chi connectivity index (χ4v) is 0.306. The molecule has 0 aromatic rings. The van der Waals surface area contributed by atoms with Crippen molar-refractivity contribution in [2.24, 2.45) is 5.73 Å². The molecule has 2 nitrogen and oxygen atoms in total. The van der Waals surface area contributed by atoms with Crippen LogP contribution < -0.4 is 34.7 Å². The molecule has 4 heteroatoms. The largest absolute Gasteiger partial charge is 1.00 e. The Labute approximate surface area is 65.0 Å². The summed E-state index contributed by atoms with van der Waals surface area (Å²) in [5.41, 5.74) is 5.24. The first-order chi connectivity index (χ1) is 2.81. The molecule has 0 heterocycles. The first kappa shape index (κ1) is 10.5. The lowest BCUT2D eigenvalue weighted by Gasteiger charge is -1.76. The van der Waals surface area contributed by atoms with Gasteiger partial charge < -0.3 is 24.0 Å². The van der Waals surface area contributed by atoms with Crippen LogP contribution in [0.15, 0.2) is 0 Å². The first-order valence-electron chi connectivity index (χ1n) is 1.65. The van der Waals surface area contributed by atoms with Crippen LogP contribution in [0.4, 0.5) is 0 Å². The molecule has 0 spiro atoms. The van der Waals surface area contributed by atoms with Gasteiger partial charge in [0.15, 0.2) is 0 Å². The summed E-state index contributed by atoms with van der Waals surface area (Å²) in [6, 6.07) is 0. The van der Waals surface area contributed by atoms with Crippen molar-refractivity contribution < 1.29 is 29.0 Å². The molecule has 7 heavy (non-hydrogen) atoms. The van der Waals surface area contributed by atoms with Crippen molar-refractivity contribution in [1.29, 1.82) is 0 Å². The summed E-state index contributed by atoms with van der Waals surface area (Å²) in [5, 5.41) is 0.759. The zero-order valence-electron chi connectivity index (χ0n) is 4.36. The van der Waals surface area contributed by atoms with E-state index in [1.807, 2.05) is 6.26 Å². The molecule has 0 rings (SSSR count). The number of hydrogen-bond donors (Lipinski definition) is 2. The van der Waals surface area contributed by atoms with Crippen molar-refractivity contribution in [2.45, 2.75) is 0 Å². The van der Waals surface area contributed by atoms with Crippen LogP contribution in [0.25, 0.3) is 0 Å². The maximum Gasteiger partial charge on any atom is 0.301 e. The van der Waals surface area contributed by atoms with E-state index >= 15 is 0 Å². The normalized spacial score (nSPS) is 10.3. The summed E-state index contributed by atoms with van der Waals surface area (Å²) < 4.78 is 0. The minimum Gasteiger partial charge on any atom is -1.00 e. The molecule has 0 aliphatic heterocycles. The Morgan fingerprint density at radius 2 is 2.14 bits per heavy atom. The van der Waals surface area contributed by atoms with Gasteiger partial charge in [-0.2, -0.15) is 0 Å². The summed E-state index contributed by atoms with van der Waals surface area (Å²) in [7, 11) is 1.80. The predicted octanol–water partition coefficient (Wildman–Crippen LogP) is -4.62. The van der Waals surface area contributed by atoms with Crippen LogP contribution in [-0.4, -0.2) is 18.5 Å². The zero-order chi connectivity index (χ0) is 4.99. The quantitative estimate of drug-likeness (QED) is 0.250. The third-order valence-corrected chi connectivity index (χ3v) is 1.11. The van der Waals surface area contributed by atoms with Gasteiger partial charge in [0.2, 0.25) is 0 Å². The fraction of sp³-hybridized carbons (Fsp3) is 0.667. The summed E-state index contributed by atoms with van der Waals surface area (Å²) in [4.78, 5) is 2.77. The molecule has 0 bridgehead atoms. The number of thioether (sulfide) groups is 1. The molecule has 44 valence electrons. The Bertz CT molecular complexity index is 64.0. The minimum absolute atomic E-state index is 0. The molecule has 0 radical (unpaired) electrons. The van der Waals surface area contributed by atoms with Gasteiger partial charge in [-0.15, -0.1) is 0 Å². The highest BCUT2D eigenvalue weighted by molar-refractivity contribution is 8.12. The van der Waals surface area contributed by atoms with Gasteiger partial charge >= 0.3 is 5.17 Å². The van der Waals surface area contributed by atoms with E-state index in [9.17, 15) is 0 Å². The SMILES string of the molecule is C[NH+]=C(N)SC.[I-]. The molecule has 0 atom stereocenters. The van der Waals surface area contributed by atoms with Gasteiger partial charge in [-0.1, -0.05) is 0 Å². The maximum absolute atomic E-state index is 5.24. The topological polar surface area (TPSA) is 40.0 Å².